The van der Waals surface area contributed by atoms with Crippen LogP contribution in [0.2, 0.25) is 0 Å². The monoisotopic (exact) mass is 338 g/mol. The number of sulfonamides is 1. The van der Waals surface area contributed by atoms with Gasteiger partial charge in [-0.2, -0.15) is 4.31 Å². The van der Waals surface area contributed by atoms with E-state index in [2.05, 4.69) is 0 Å². The van der Waals surface area contributed by atoms with Crippen molar-refractivity contribution < 1.29 is 17.9 Å². The van der Waals surface area contributed by atoms with E-state index in [1.54, 1.807) is 42.2 Å². The molecular weight excluding hydrogens is 316 g/mol. The van der Waals surface area contributed by atoms with E-state index < -0.39 is 15.6 Å². The molecule has 2 fully saturated rings. The highest BCUT2D eigenvalue weighted by Gasteiger charge is 2.44. The number of morpholine rings is 1. The Morgan fingerprint density at radius 2 is 1.91 bits per heavy atom. The van der Waals surface area contributed by atoms with Gasteiger partial charge in [-0.25, -0.2) is 8.42 Å². The molecule has 2 aliphatic heterocycles. The topological polar surface area (TPSA) is 66.9 Å². The minimum absolute atomic E-state index is 0.00992. The molecule has 7 heteroatoms. The largest absolute Gasteiger partial charge is 0.370 e. The average molecular weight is 338 g/mol. The van der Waals surface area contributed by atoms with Gasteiger partial charge in [0.2, 0.25) is 15.9 Å². The molecule has 1 aromatic carbocycles. The fourth-order valence-electron chi connectivity index (χ4n) is 3.36. The Morgan fingerprint density at radius 1 is 1.17 bits per heavy atom. The zero-order valence-corrected chi connectivity index (χ0v) is 14.1. The minimum atomic E-state index is -3.53. The molecule has 2 heterocycles. The Kier molecular flexibility index (Phi) is 4.44. The first kappa shape index (κ1) is 16.4. The molecule has 0 saturated carbocycles. The van der Waals surface area contributed by atoms with Crippen LogP contribution in [0.15, 0.2) is 35.2 Å². The normalized spacial score (nSPS) is 26.4. The van der Waals surface area contributed by atoms with E-state index >= 15 is 0 Å². The average Bonchev–Trinajstić information content (AvgIpc) is 2.56. The van der Waals surface area contributed by atoms with E-state index in [0.29, 0.717) is 37.7 Å². The summed E-state index contributed by atoms with van der Waals surface area (Å²) >= 11 is 0. The van der Waals surface area contributed by atoms with Crippen molar-refractivity contribution in [2.75, 3.05) is 32.8 Å². The molecule has 6 nitrogen and oxygen atoms in total. The van der Waals surface area contributed by atoms with Gasteiger partial charge in [-0.3, -0.25) is 4.79 Å². The molecule has 2 aliphatic rings. The zero-order valence-electron chi connectivity index (χ0n) is 13.3. The summed E-state index contributed by atoms with van der Waals surface area (Å²) in [5.41, 5.74) is -0.579. The van der Waals surface area contributed by atoms with Crippen molar-refractivity contribution in [3.8, 4) is 0 Å². The van der Waals surface area contributed by atoms with Crippen LogP contribution in [-0.4, -0.2) is 61.9 Å². The fourth-order valence-corrected chi connectivity index (χ4v) is 4.94. The number of nitrogens with zero attached hydrogens (tertiary/aromatic N) is 2. The van der Waals surface area contributed by atoms with Crippen molar-refractivity contribution in [3.63, 3.8) is 0 Å². The van der Waals surface area contributed by atoms with Gasteiger partial charge in [0.05, 0.1) is 23.6 Å². The molecule has 23 heavy (non-hydrogen) atoms. The van der Waals surface area contributed by atoms with E-state index in [-0.39, 0.29) is 5.91 Å². The van der Waals surface area contributed by atoms with Gasteiger partial charge in [0.25, 0.3) is 0 Å². The van der Waals surface area contributed by atoms with Crippen LogP contribution < -0.4 is 0 Å². The number of hydrogen-bond acceptors (Lipinski definition) is 4. The molecule has 0 radical (unpaired) electrons. The van der Waals surface area contributed by atoms with Crippen molar-refractivity contribution in [1.29, 1.82) is 0 Å². The molecule has 0 aromatic heterocycles. The van der Waals surface area contributed by atoms with Crippen LogP contribution in [0.3, 0.4) is 0 Å². The number of ether oxygens (including phenoxy) is 1. The molecule has 0 aliphatic carbocycles. The van der Waals surface area contributed by atoms with E-state index in [1.807, 2.05) is 0 Å². The standard InChI is InChI=1S/C16H22N2O4S/c1-14(19)17-10-11-22-16(12-17)8-5-9-18(13-16)23(20,21)15-6-3-2-4-7-15/h2-4,6-7H,5,8-13H2,1H3. The fraction of sp³-hybridized carbons (Fsp3) is 0.562. The predicted octanol–water partition coefficient (Wildman–Crippen LogP) is 1.09. The molecule has 3 rings (SSSR count). The van der Waals surface area contributed by atoms with Gasteiger partial charge in [-0.1, -0.05) is 18.2 Å². The maximum Gasteiger partial charge on any atom is 0.243 e. The van der Waals surface area contributed by atoms with Gasteiger partial charge < -0.3 is 9.64 Å². The summed E-state index contributed by atoms with van der Waals surface area (Å²) in [4.78, 5) is 13.7. The van der Waals surface area contributed by atoms with Crippen molar-refractivity contribution in [2.45, 2.75) is 30.3 Å². The lowest BCUT2D eigenvalue weighted by atomic mass is 9.92. The molecule has 1 amide bonds. The van der Waals surface area contributed by atoms with Crippen LogP contribution in [-0.2, 0) is 19.6 Å². The molecule has 1 aromatic rings. The summed E-state index contributed by atoms with van der Waals surface area (Å²) in [5.74, 6) is 0.00992. The Bertz CT molecular complexity index is 673. The van der Waals surface area contributed by atoms with E-state index in [1.165, 1.54) is 4.31 Å². The van der Waals surface area contributed by atoms with Gasteiger partial charge in [0.15, 0.2) is 0 Å². The highest BCUT2D eigenvalue weighted by Crippen LogP contribution is 2.31. The van der Waals surface area contributed by atoms with Crippen molar-refractivity contribution in [3.05, 3.63) is 30.3 Å². The molecular formula is C16H22N2O4S. The van der Waals surface area contributed by atoms with Crippen LogP contribution in [0.4, 0.5) is 0 Å². The molecule has 1 unspecified atom stereocenters. The highest BCUT2D eigenvalue weighted by atomic mass is 32.2. The van der Waals surface area contributed by atoms with Crippen LogP contribution in [0.25, 0.3) is 0 Å². The SMILES string of the molecule is CC(=O)N1CCOC2(CCCN(S(=O)(=O)c3ccccc3)C2)C1. The Balaban J connectivity index is 1.82. The third-order valence-electron chi connectivity index (χ3n) is 4.58. The summed E-state index contributed by atoms with van der Waals surface area (Å²) in [6.07, 6.45) is 1.51. The summed E-state index contributed by atoms with van der Waals surface area (Å²) in [6.45, 7) is 3.82. The second kappa shape index (κ2) is 6.22. The maximum absolute atomic E-state index is 12.8. The Hall–Kier alpha value is -1.44. The van der Waals surface area contributed by atoms with Crippen molar-refractivity contribution in [2.24, 2.45) is 0 Å². The van der Waals surface area contributed by atoms with E-state index in [9.17, 15) is 13.2 Å². The van der Waals surface area contributed by atoms with Crippen LogP contribution >= 0.6 is 0 Å². The summed E-state index contributed by atoms with van der Waals surface area (Å²) in [7, 11) is -3.53. The third-order valence-corrected chi connectivity index (χ3v) is 6.44. The third kappa shape index (κ3) is 3.27. The number of amides is 1. The molecule has 0 N–H and O–H groups in total. The van der Waals surface area contributed by atoms with Crippen molar-refractivity contribution in [1.82, 2.24) is 9.21 Å². The molecule has 1 spiro atoms. The summed E-state index contributed by atoms with van der Waals surface area (Å²) < 4.78 is 33.1. The molecule has 126 valence electrons. The number of carbonyl (C=O) groups excluding carboxylic acids is 1. The second-order valence-electron chi connectivity index (χ2n) is 6.23. The summed E-state index contributed by atoms with van der Waals surface area (Å²) in [6, 6.07) is 8.47. The number of benzene rings is 1. The van der Waals surface area contributed by atoms with E-state index in [0.717, 1.165) is 12.8 Å². The van der Waals surface area contributed by atoms with Gasteiger partial charge >= 0.3 is 0 Å². The van der Waals surface area contributed by atoms with Crippen molar-refractivity contribution >= 4 is 15.9 Å². The highest BCUT2D eigenvalue weighted by molar-refractivity contribution is 7.89. The van der Waals surface area contributed by atoms with Gasteiger partial charge in [0, 0.05) is 26.6 Å². The number of rotatable bonds is 2. The van der Waals surface area contributed by atoms with Crippen LogP contribution in [0, 0.1) is 0 Å². The van der Waals surface area contributed by atoms with Gasteiger partial charge in [-0.05, 0) is 25.0 Å². The smallest absolute Gasteiger partial charge is 0.243 e. The van der Waals surface area contributed by atoms with E-state index in [4.69, 9.17) is 4.74 Å². The summed E-state index contributed by atoms with van der Waals surface area (Å²) in [5, 5.41) is 0. The molecule has 1 atom stereocenters. The number of carbonyl (C=O) groups is 1. The van der Waals surface area contributed by atoms with Crippen LogP contribution in [0.1, 0.15) is 19.8 Å². The lowest BCUT2D eigenvalue weighted by Gasteiger charge is -2.47. The Morgan fingerprint density at radius 3 is 2.61 bits per heavy atom. The quantitative estimate of drug-likeness (QED) is 0.810. The number of piperidine rings is 1. The molecule has 2 saturated heterocycles. The lowest BCUT2D eigenvalue weighted by molar-refractivity contribution is -0.155. The maximum atomic E-state index is 12.8. The predicted molar refractivity (Wildman–Crippen MR) is 85.4 cm³/mol. The van der Waals surface area contributed by atoms with Gasteiger partial charge in [0.1, 0.15) is 0 Å². The van der Waals surface area contributed by atoms with Gasteiger partial charge in [-0.15, -0.1) is 0 Å². The first-order valence-corrected chi connectivity index (χ1v) is 9.32. The first-order valence-electron chi connectivity index (χ1n) is 7.88. The van der Waals surface area contributed by atoms with Crippen LogP contribution in [0.5, 0.6) is 0 Å². The molecule has 0 bridgehead atoms. The zero-order chi connectivity index (χ0) is 16.5. The second-order valence-corrected chi connectivity index (χ2v) is 8.17. The number of hydrogen-bond donors (Lipinski definition) is 0. The first-order chi connectivity index (χ1) is 10.9. The lowest BCUT2D eigenvalue weighted by Crippen LogP contribution is -2.61. The minimum Gasteiger partial charge on any atom is -0.370 e. The Labute approximate surface area is 137 Å².